The van der Waals surface area contributed by atoms with Gasteiger partial charge in [-0.3, -0.25) is 4.72 Å². The van der Waals surface area contributed by atoms with Crippen LogP contribution in [0.4, 0.5) is 5.69 Å². The molecule has 0 aliphatic heterocycles. The number of phenols is 1. The third-order valence-electron chi connectivity index (χ3n) is 2.64. The van der Waals surface area contributed by atoms with Gasteiger partial charge < -0.3 is 9.84 Å². The summed E-state index contributed by atoms with van der Waals surface area (Å²) in [5, 5.41) is 9.62. The van der Waals surface area contributed by atoms with Crippen molar-refractivity contribution in [2.75, 3.05) is 11.8 Å². The molecule has 0 unspecified atom stereocenters. The summed E-state index contributed by atoms with van der Waals surface area (Å²) in [6.07, 6.45) is 0. The van der Waals surface area contributed by atoms with Crippen LogP contribution in [0.2, 0.25) is 0 Å². The maximum atomic E-state index is 12.2. The Morgan fingerprint density at radius 2 is 1.90 bits per heavy atom. The molecule has 2 aromatic carbocycles. The monoisotopic (exact) mass is 293 g/mol. The second-order valence-corrected chi connectivity index (χ2v) is 5.86. The van der Waals surface area contributed by atoms with Crippen molar-refractivity contribution in [2.24, 2.45) is 0 Å². The Kier molecular flexibility index (Phi) is 4.26. The summed E-state index contributed by atoms with van der Waals surface area (Å²) in [6, 6.07) is 12.7. The highest BCUT2D eigenvalue weighted by atomic mass is 32.2. The number of para-hydroxylation sites is 1. The van der Waals surface area contributed by atoms with Crippen LogP contribution >= 0.6 is 0 Å². The molecule has 0 aliphatic rings. The van der Waals surface area contributed by atoms with E-state index in [4.69, 9.17) is 4.74 Å². The Bertz CT molecular complexity index is 698. The molecular formula is C14H15NO4S. The molecule has 2 rings (SSSR count). The summed E-state index contributed by atoms with van der Waals surface area (Å²) in [4.78, 5) is -0.155. The van der Waals surface area contributed by atoms with Gasteiger partial charge in [-0.1, -0.05) is 24.3 Å². The van der Waals surface area contributed by atoms with Crippen molar-refractivity contribution in [1.29, 1.82) is 0 Å². The number of aromatic hydroxyl groups is 1. The van der Waals surface area contributed by atoms with Gasteiger partial charge >= 0.3 is 0 Å². The lowest BCUT2D eigenvalue weighted by Gasteiger charge is -2.10. The van der Waals surface area contributed by atoms with Gasteiger partial charge in [-0.05, 0) is 29.8 Å². The summed E-state index contributed by atoms with van der Waals surface area (Å²) in [5.74, 6) is -0.284. The molecule has 0 spiro atoms. The molecule has 2 N–H and O–H groups in total. The van der Waals surface area contributed by atoms with Crippen molar-refractivity contribution >= 4 is 15.7 Å². The molecule has 20 heavy (non-hydrogen) atoms. The number of methoxy groups -OCH3 is 1. The van der Waals surface area contributed by atoms with Gasteiger partial charge in [0.1, 0.15) is 10.6 Å². The standard InChI is InChI=1S/C14H15NO4S/c1-19-10-11-5-4-6-12(9-11)15-20(17,18)14-8-3-2-7-13(14)16/h2-9,15-16H,10H2,1H3. The van der Waals surface area contributed by atoms with E-state index in [-0.39, 0.29) is 10.6 Å². The van der Waals surface area contributed by atoms with Crippen molar-refractivity contribution in [2.45, 2.75) is 11.5 Å². The average molecular weight is 293 g/mol. The summed E-state index contributed by atoms with van der Waals surface area (Å²) < 4.78 is 31.8. The number of sulfonamides is 1. The van der Waals surface area contributed by atoms with E-state index in [0.29, 0.717) is 12.3 Å². The number of rotatable bonds is 5. The molecule has 5 nitrogen and oxygen atoms in total. The number of hydrogen-bond donors (Lipinski definition) is 2. The molecule has 0 radical (unpaired) electrons. The molecule has 2 aromatic rings. The first-order valence-corrected chi connectivity index (χ1v) is 7.40. The molecule has 0 heterocycles. The molecule has 0 saturated heterocycles. The minimum absolute atomic E-state index is 0.155. The molecule has 0 aliphatic carbocycles. The van der Waals surface area contributed by atoms with E-state index in [1.807, 2.05) is 6.07 Å². The highest BCUT2D eigenvalue weighted by molar-refractivity contribution is 7.92. The molecule has 0 fully saturated rings. The van der Waals surface area contributed by atoms with Gasteiger partial charge in [0.15, 0.2) is 0 Å². The topological polar surface area (TPSA) is 75.6 Å². The van der Waals surface area contributed by atoms with Crippen LogP contribution in [-0.4, -0.2) is 20.6 Å². The summed E-state index contributed by atoms with van der Waals surface area (Å²) in [5.41, 5.74) is 1.27. The number of anilines is 1. The van der Waals surface area contributed by atoms with Crippen LogP contribution in [0.1, 0.15) is 5.56 Å². The average Bonchev–Trinajstić information content (AvgIpc) is 2.39. The van der Waals surface area contributed by atoms with E-state index in [2.05, 4.69) is 4.72 Å². The molecular weight excluding hydrogens is 278 g/mol. The van der Waals surface area contributed by atoms with Crippen molar-refractivity contribution in [3.63, 3.8) is 0 Å². The molecule has 0 saturated carbocycles. The van der Waals surface area contributed by atoms with Gasteiger partial charge in [0.2, 0.25) is 0 Å². The van der Waals surface area contributed by atoms with Crippen LogP contribution in [0.3, 0.4) is 0 Å². The van der Waals surface area contributed by atoms with Crippen LogP contribution in [0, 0.1) is 0 Å². The third kappa shape index (κ3) is 3.28. The minimum Gasteiger partial charge on any atom is -0.507 e. The van der Waals surface area contributed by atoms with E-state index in [1.54, 1.807) is 37.4 Å². The Labute approximate surface area is 117 Å². The fourth-order valence-electron chi connectivity index (χ4n) is 1.79. The van der Waals surface area contributed by atoms with Gasteiger partial charge in [-0.2, -0.15) is 0 Å². The van der Waals surface area contributed by atoms with Crippen LogP contribution in [0.5, 0.6) is 5.75 Å². The summed E-state index contributed by atoms with van der Waals surface area (Å²) in [7, 11) is -2.25. The van der Waals surface area contributed by atoms with Gasteiger partial charge in [-0.15, -0.1) is 0 Å². The van der Waals surface area contributed by atoms with Gasteiger partial charge in [0.25, 0.3) is 10.0 Å². The van der Waals surface area contributed by atoms with Crippen molar-refractivity contribution < 1.29 is 18.3 Å². The quantitative estimate of drug-likeness (QED) is 0.887. The summed E-state index contributed by atoms with van der Waals surface area (Å²) in [6.45, 7) is 0.395. The Hall–Kier alpha value is -2.05. The molecule has 6 heteroatoms. The largest absolute Gasteiger partial charge is 0.507 e. The zero-order valence-electron chi connectivity index (χ0n) is 10.9. The zero-order chi connectivity index (χ0) is 14.6. The lowest BCUT2D eigenvalue weighted by molar-refractivity contribution is 0.185. The van der Waals surface area contributed by atoms with Crippen molar-refractivity contribution in [3.05, 3.63) is 54.1 Å². The fourth-order valence-corrected chi connectivity index (χ4v) is 2.93. The molecule has 0 atom stereocenters. The second-order valence-electron chi connectivity index (χ2n) is 4.21. The second kappa shape index (κ2) is 5.94. The maximum Gasteiger partial charge on any atom is 0.265 e. The number of phenolic OH excluding ortho intramolecular Hbond substituents is 1. The first-order valence-electron chi connectivity index (χ1n) is 5.91. The molecule has 0 bridgehead atoms. The number of hydrogen-bond acceptors (Lipinski definition) is 4. The van der Waals surface area contributed by atoms with Crippen LogP contribution in [0.15, 0.2) is 53.4 Å². The van der Waals surface area contributed by atoms with Crippen molar-refractivity contribution in [3.8, 4) is 5.75 Å². The molecule has 0 aromatic heterocycles. The number of ether oxygens (including phenoxy) is 1. The highest BCUT2D eigenvalue weighted by Gasteiger charge is 2.18. The molecule has 106 valence electrons. The Morgan fingerprint density at radius 3 is 2.60 bits per heavy atom. The van der Waals surface area contributed by atoms with E-state index in [1.165, 1.54) is 12.1 Å². The first kappa shape index (κ1) is 14.4. The minimum atomic E-state index is -3.82. The SMILES string of the molecule is COCc1cccc(NS(=O)(=O)c2ccccc2O)c1. The smallest absolute Gasteiger partial charge is 0.265 e. The normalized spacial score (nSPS) is 11.2. The van der Waals surface area contributed by atoms with E-state index in [9.17, 15) is 13.5 Å². The molecule has 0 amide bonds. The van der Waals surface area contributed by atoms with Gasteiger partial charge in [0, 0.05) is 12.8 Å². The van der Waals surface area contributed by atoms with Crippen molar-refractivity contribution in [1.82, 2.24) is 0 Å². The zero-order valence-corrected chi connectivity index (χ0v) is 11.7. The van der Waals surface area contributed by atoms with Crippen LogP contribution in [-0.2, 0) is 21.4 Å². The van der Waals surface area contributed by atoms with E-state index < -0.39 is 10.0 Å². The first-order chi connectivity index (χ1) is 9.53. The van der Waals surface area contributed by atoms with Crippen LogP contribution in [0.25, 0.3) is 0 Å². The van der Waals surface area contributed by atoms with Crippen LogP contribution < -0.4 is 4.72 Å². The number of nitrogens with one attached hydrogen (secondary N) is 1. The van der Waals surface area contributed by atoms with Gasteiger partial charge in [0.05, 0.1) is 6.61 Å². The fraction of sp³-hybridized carbons (Fsp3) is 0.143. The highest BCUT2D eigenvalue weighted by Crippen LogP contribution is 2.24. The Balaban J connectivity index is 2.29. The third-order valence-corrected chi connectivity index (χ3v) is 4.07. The van der Waals surface area contributed by atoms with E-state index >= 15 is 0 Å². The summed E-state index contributed by atoms with van der Waals surface area (Å²) >= 11 is 0. The lowest BCUT2D eigenvalue weighted by atomic mass is 10.2. The Morgan fingerprint density at radius 1 is 1.15 bits per heavy atom. The number of benzene rings is 2. The maximum absolute atomic E-state index is 12.2. The predicted octanol–water partition coefficient (Wildman–Crippen LogP) is 2.34. The van der Waals surface area contributed by atoms with E-state index in [0.717, 1.165) is 5.56 Å². The van der Waals surface area contributed by atoms with Gasteiger partial charge in [-0.25, -0.2) is 8.42 Å². The predicted molar refractivity (Wildman–Crippen MR) is 76.1 cm³/mol. The lowest BCUT2D eigenvalue weighted by Crippen LogP contribution is -2.13.